The average Bonchev–Trinajstić information content (AvgIpc) is 3.20. The smallest absolute Gasteiger partial charge is 0.246 e. The van der Waals surface area contributed by atoms with Crippen LogP contribution in [0.25, 0.3) is 10.9 Å². The average molecular weight is 473 g/mol. The van der Waals surface area contributed by atoms with Gasteiger partial charge in [0.15, 0.2) is 9.84 Å². The molecule has 4 aromatic rings. The van der Waals surface area contributed by atoms with Gasteiger partial charge in [-0.25, -0.2) is 8.42 Å². The Morgan fingerprint density at radius 2 is 1.74 bits per heavy atom. The molecule has 0 saturated carbocycles. The Morgan fingerprint density at radius 3 is 2.59 bits per heavy atom. The van der Waals surface area contributed by atoms with Crippen molar-refractivity contribution in [3.05, 3.63) is 95.2 Å². The molecule has 0 radical (unpaired) electrons. The van der Waals surface area contributed by atoms with Crippen LogP contribution in [0.15, 0.2) is 77.8 Å². The van der Waals surface area contributed by atoms with E-state index in [1.165, 1.54) is 5.56 Å². The summed E-state index contributed by atoms with van der Waals surface area (Å²) in [5.41, 5.74) is 5.68. The summed E-state index contributed by atoms with van der Waals surface area (Å²) in [6.45, 7) is 4.66. The van der Waals surface area contributed by atoms with Crippen molar-refractivity contribution in [1.29, 1.82) is 0 Å². The van der Waals surface area contributed by atoms with E-state index in [0.717, 1.165) is 40.7 Å². The van der Waals surface area contributed by atoms with E-state index in [9.17, 15) is 13.2 Å². The molecule has 0 aliphatic carbocycles. The first-order valence-corrected chi connectivity index (χ1v) is 13.2. The first-order valence-electron chi connectivity index (χ1n) is 11.6. The number of hydrogen-bond acceptors (Lipinski definition) is 3. The number of para-hydroxylation sites is 2. The third-order valence-electron chi connectivity index (χ3n) is 6.65. The van der Waals surface area contributed by atoms with E-state index in [1.54, 1.807) is 10.8 Å². The lowest BCUT2D eigenvalue weighted by Gasteiger charge is -2.29. The molecule has 1 aliphatic rings. The Labute approximate surface area is 200 Å². The van der Waals surface area contributed by atoms with E-state index in [0.29, 0.717) is 11.9 Å². The number of amides is 1. The van der Waals surface area contributed by atoms with Crippen LogP contribution >= 0.6 is 0 Å². The molecule has 34 heavy (non-hydrogen) atoms. The van der Waals surface area contributed by atoms with Crippen molar-refractivity contribution in [2.24, 2.45) is 0 Å². The molecular formula is C28H28N2O3S. The fraction of sp³-hybridized carbons (Fsp3) is 0.250. The summed E-state index contributed by atoms with van der Waals surface area (Å²) in [6, 6.07) is 21.3. The standard InChI is InChI=1S/C28H28N2O3S/c1-20-13-14-21(2)23(16-20)19-34(32,33)27-17-29(26-12-6-4-10-24(26)27)18-28(31)30-15-7-9-22-8-3-5-11-25(22)30/h3-6,8,10-14,16-17H,7,9,15,18-19H2,1-2H3. The molecule has 1 aliphatic heterocycles. The number of rotatable bonds is 5. The number of fused-ring (bicyclic) bond motifs is 2. The molecule has 0 saturated heterocycles. The van der Waals surface area contributed by atoms with E-state index in [-0.39, 0.29) is 23.1 Å². The maximum absolute atomic E-state index is 13.5. The molecule has 3 aromatic carbocycles. The Hall–Kier alpha value is -3.38. The molecule has 0 atom stereocenters. The molecule has 0 bridgehead atoms. The number of nitrogens with zero attached hydrogens (tertiary/aromatic N) is 2. The first kappa shape index (κ1) is 22.4. The second-order valence-corrected chi connectivity index (χ2v) is 11.1. The first-order chi connectivity index (χ1) is 16.3. The summed E-state index contributed by atoms with van der Waals surface area (Å²) in [5.74, 6) is -0.103. The number of carbonyl (C=O) groups excluding carboxylic acids is 1. The molecule has 5 nitrogen and oxygen atoms in total. The number of aryl methyl sites for hydroxylation is 3. The van der Waals surface area contributed by atoms with Crippen LogP contribution in [0.5, 0.6) is 0 Å². The minimum atomic E-state index is -3.61. The number of sulfone groups is 1. The van der Waals surface area contributed by atoms with Gasteiger partial charge in [-0.15, -0.1) is 0 Å². The quantitative estimate of drug-likeness (QED) is 0.401. The van der Waals surface area contributed by atoms with Gasteiger partial charge in [-0.3, -0.25) is 4.79 Å². The molecule has 174 valence electrons. The van der Waals surface area contributed by atoms with Crippen LogP contribution in [0.4, 0.5) is 5.69 Å². The van der Waals surface area contributed by atoms with Gasteiger partial charge in [0.1, 0.15) is 6.54 Å². The van der Waals surface area contributed by atoms with E-state index in [2.05, 4.69) is 6.07 Å². The van der Waals surface area contributed by atoms with Gasteiger partial charge in [0, 0.05) is 29.3 Å². The zero-order valence-corrected chi connectivity index (χ0v) is 20.3. The molecule has 1 amide bonds. The molecule has 2 heterocycles. The molecule has 0 fully saturated rings. The van der Waals surface area contributed by atoms with Crippen LogP contribution in [-0.2, 0) is 33.4 Å². The Balaban J connectivity index is 1.50. The molecule has 0 N–H and O–H groups in total. The van der Waals surface area contributed by atoms with Gasteiger partial charge in [-0.2, -0.15) is 0 Å². The summed E-state index contributed by atoms with van der Waals surface area (Å²) < 4.78 is 28.9. The van der Waals surface area contributed by atoms with Gasteiger partial charge in [-0.05, 0) is 55.5 Å². The maximum atomic E-state index is 13.5. The minimum absolute atomic E-state index is 0.0358. The van der Waals surface area contributed by atoms with Crippen LogP contribution in [0, 0.1) is 13.8 Å². The number of hydrogen-bond donors (Lipinski definition) is 0. The Bertz CT molecular complexity index is 1500. The molecular weight excluding hydrogens is 444 g/mol. The van der Waals surface area contributed by atoms with Gasteiger partial charge in [-0.1, -0.05) is 60.2 Å². The third-order valence-corrected chi connectivity index (χ3v) is 8.34. The van der Waals surface area contributed by atoms with Gasteiger partial charge in [0.25, 0.3) is 0 Å². The monoisotopic (exact) mass is 472 g/mol. The second kappa shape index (κ2) is 8.76. The van der Waals surface area contributed by atoms with Crippen LogP contribution in [0.1, 0.15) is 28.7 Å². The van der Waals surface area contributed by atoms with E-state index >= 15 is 0 Å². The van der Waals surface area contributed by atoms with Gasteiger partial charge in [0.2, 0.25) is 5.91 Å². The van der Waals surface area contributed by atoms with Crippen LogP contribution < -0.4 is 4.90 Å². The highest BCUT2D eigenvalue weighted by molar-refractivity contribution is 7.90. The summed E-state index contributed by atoms with van der Waals surface area (Å²) in [4.78, 5) is 15.5. The summed E-state index contributed by atoms with van der Waals surface area (Å²) in [7, 11) is -3.61. The minimum Gasteiger partial charge on any atom is -0.337 e. The molecule has 5 rings (SSSR count). The zero-order valence-electron chi connectivity index (χ0n) is 19.5. The normalized spacial score (nSPS) is 13.8. The van der Waals surface area contributed by atoms with Crippen molar-refractivity contribution in [3.8, 4) is 0 Å². The molecule has 0 unspecified atom stereocenters. The van der Waals surface area contributed by atoms with E-state index in [4.69, 9.17) is 0 Å². The molecule has 6 heteroatoms. The summed E-state index contributed by atoms with van der Waals surface area (Å²) >= 11 is 0. The third kappa shape index (κ3) is 4.14. The highest BCUT2D eigenvalue weighted by Gasteiger charge is 2.26. The second-order valence-electron chi connectivity index (χ2n) is 9.11. The lowest BCUT2D eigenvalue weighted by molar-refractivity contribution is -0.119. The number of carbonyl (C=O) groups is 1. The predicted molar refractivity (Wildman–Crippen MR) is 136 cm³/mol. The maximum Gasteiger partial charge on any atom is 0.246 e. The van der Waals surface area contributed by atoms with Gasteiger partial charge < -0.3 is 9.47 Å². The Morgan fingerprint density at radius 1 is 0.971 bits per heavy atom. The largest absolute Gasteiger partial charge is 0.337 e. The zero-order chi connectivity index (χ0) is 23.9. The van der Waals surface area contributed by atoms with Gasteiger partial charge >= 0.3 is 0 Å². The summed E-state index contributed by atoms with van der Waals surface area (Å²) in [5, 5.41) is 0.652. The topological polar surface area (TPSA) is 59.4 Å². The van der Waals surface area contributed by atoms with Gasteiger partial charge in [0.05, 0.1) is 10.6 Å². The predicted octanol–water partition coefficient (Wildman–Crippen LogP) is 5.21. The summed E-state index contributed by atoms with van der Waals surface area (Å²) in [6.07, 6.45) is 3.52. The van der Waals surface area contributed by atoms with Crippen molar-refractivity contribution in [3.63, 3.8) is 0 Å². The highest BCUT2D eigenvalue weighted by Crippen LogP contribution is 2.31. The van der Waals surface area contributed by atoms with Crippen molar-refractivity contribution >= 4 is 32.3 Å². The van der Waals surface area contributed by atoms with Crippen LogP contribution in [-0.4, -0.2) is 25.4 Å². The SMILES string of the molecule is Cc1ccc(C)c(CS(=O)(=O)c2cn(CC(=O)N3CCCc4ccccc43)c3ccccc23)c1. The van der Waals surface area contributed by atoms with Crippen molar-refractivity contribution in [2.75, 3.05) is 11.4 Å². The lowest BCUT2D eigenvalue weighted by atomic mass is 10.0. The van der Waals surface area contributed by atoms with Crippen molar-refractivity contribution in [1.82, 2.24) is 4.57 Å². The van der Waals surface area contributed by atoms with E-state index < -0.39 is 9.84 Å². The fourth-order valence-corrected chi connectivity index (χ4v) is 6.53. The molecule has 1 aromatic heterocycles. The van der Waals surface area contributed by atoms with Crippen molar-refractivity contribution in [2.45, 2.75) is 43.9 Å². The van der Waals surface area contributed by atoms with Crippen molar-refractivity contribution < 1.29 is 13.2 Å². The number of aromatic nitrogens is 1. The number of anilines is 1. The fourth-order valence-electron chi connectivity index (χ4n) is 4.85. The van der Waals surface area contributed by atoms with E-state index in [1.807, 2.05) is 79.4 Å². The number of benzene rings is 3. The lowest BCUT2D eigenvalue weighted by Crippen LogP contribution is -2.37. The Kier molecular flexibility index (Phi) is 5.78. The highest BCUT2D eigenvalue weighted by atomic mass is 32.2. The molecule has 0 spiro atoms. The van der Waals surface area contributed by atoms with Crippen LogP contribution in [0.3, 0.4) is 0 Å². The van der Waals surface area contributed by atoms with Crippen LogP contribution in [0.2, 0.25) is 0 Å².